The summed E-state index contributed by atoms with van der Waals surface area (Å²) in [5.41, 5.74) is 5.56. The van der Waals surface area contributed by atoms with Crippen LogP contribution in [0.5, 0.6) is 0 Å². The normalized spacial score (nSPS) is 14.3. The molecule has 0 rings (SSSR count). The highest BCUT2D eigenvalue weighted by molar-refractivity contribution is 5.67. The Morgan fingerprint density at radius 3 is 2.42 bits per heavy atom. The molecule has 0 heterocycles. The number of carboxylic acids is 1. The van der Waals surface area contributed by atoms with E-state index in [4.69, 9.17) is 10.8 Å². The number of hydrogen-bond acceptors (Lipinski definition) is 2. The number of rotatable bonds is 5. The summed E-state index contributed by atoms with van der Waals surface area (Å²) in [4.78, 5) is 10.5. The summed E-state index contributed by atoms with van der Waals surface area (Å²) in [6, 6.07) is -0.0152. The molecule has 3 heteroatoms. The van der Waals surface area contributed by atoms with Gasteiger partial charge in [-0.15, -0.1) is 0 Å². The van der Waals surface area contributed by atoms with Crippen molar-refractivity contribution in [2.24, 2.45) is 11.1 Å². The fraction of sp³-hybridized carbons (Fsp3) is 0.889. The molecule has 0 radical (unpaired) electrons. The van der Waals surface area contributed by atoms with Gasteiger partial charge in [-0.3, -0.25) is 4.79 Å². The highest BCUT2D eigenvalue weighted by Crippen LogP contribution is 2.26. The minimum absolute atomic E-state index is 0.0152. The fourth-order valence-corrected chi connectivity index (χ4v) is 1.22. The van der Waals surface area contributed by atoms with Crippen molar-refractivity contribution in [3.63, 3.8) is 0 Å². The number of carboxylic acid groups (broad SMARTS) is 1. The van der Waals surface area contributed by atoms with Crippen molar-refractivity contribution < 1.29 is 9.90 Å². The molecule has 0 aliphatic heterocycles. The van der Waals surface area contributed by atoms with Crippen LogP contribution < -0.4 is 5.73 Å². The molecule has 0 aromatic carbocycles. The first-order valence-corrected chi connectivity index (χ1v) is 4.37. The molecule has 0 saturated heterocycles. The summed E-state index contributed by atoms with van der Waals surface area (Å²) >= 11 is 0. The topological polar surface area (TPSA) is 63.3 Å². The van der Waals surface area contributed by atoms with E-state index < -0.39 is 5.97 Å². The Morgan fingerprint density at radius 2 is 2.08 bits per heavy atom. The Morgan fingerprint density at radius 1 is 1.58 bits per heavy atom. The monoisotopic (exact) mass is 173 g/mol. The van der Waals surface area contributed by atoms with E-state index in [2.05, 4.69) is 6.92 Å². The van der Waals surface area contributed by atoms with E-state index in [-0.39, 0.29) is 17.9 Å². The van der Waals surface area contributed by atoms with Crippen molar-refractivity contribution in [1.29, 1.82) is 0 Å². The predicted octanol–water partition coefficient (Wildman–Crippen LogP) is 1.61. The molecule has 0 bridgehead atoms. The average Bonchev–Trinajstić information content (AvgIpc) is 1.85. The van der Waals surface area contributed by atoms with E-state index in [0.29, 0.717) is 0 Å². The maximum absolute atomic E-state index is 10.5. The summed E-state index contributed by atoms with van der Waals surface area (Å²) in [6.07, 6.45) is 2.04. The molecular formula is C9H19NO2. The molecule has 0 spiro atoms. The maximum atomic E-state index is 10.5. The first-order chi connectivity index (χ1) is 5.40. The zero-order chi connectivity index (χ0) is 9.78. The largest absolute Gasteiger partial charge is 0.481 e. The van der Waals surface area contributed by atoms with Crippen LogP contribution in [-0.2, 0) is 4.79 Å². The molecule has 0 aromatic rings. The third-order valence-corrected chi connectivity index (χ3v) is 2.21. The second-order valence-electron chi connectivity index (χ2n) is 3.95. The van der Waals surface area contributed by atoms with Crippen LogP contribution >= 0.6 is 0 Å². The van der Waals surface area contributed by atoms with Crippen LogP contribution in [0.1, 0.15) is 40.0 Å². The van der Waals surface area contributed by atoms with Crippen molar-refractivity contribution in [1.82, 2.24) is 0 Å². The van der Waals surface area contributed by atoms with Crippen LogP contribution in [0, 0.1) is 5.41 Å². The van der Waals surface area contributed by atoms with Crippen LogP contribution in [0.4, 0.5) is 0 Å². The van der Waals surface area contributed by atoms with E-state index in [9.17, 15) is 4.79 Å². The molecule has 12 heavy (non-hydrogen) atoms. The van der Waals surface area contributed by atoms with Crippen LogP contribution in [0.25, 0.3) is 0 Å². The second kappa shape index (κ2) is 4.45. The summed E-state index contributed by atoms with van der Waals surface area (Å²) in [5.74, 6) is -0.772. The zero-order valence-electron chi connectivity index (χ0n) is 8.13. The Bertz CT molecular complexity index is 155. The van der Waals surface area contributed by atoms with Crippen molar-refractivity contribution in [3.05, 3.63) is 0 Å². The standard InChI is InChI=1S/C9H19NO2/c1-4-5-7(10)9(2,3)6-8(11)12/h7H,4-6,10H2,1-3H3,(H,11,12). The van der Waals surface area contributed by atoms with Gasteiger partial charge in [0.25, 0.3) is 0 Å². The quantitative estimate of drug-likeness (QED) is 0.664. The number of hydrogen-bond donors (Lipinski definition) is 2. The molecular weight excluding hydrogens is 154 g/mol. The van der Waals surface area contributed by atoms with Crippen molar-refractivity contribution in [2.45, 2.75) is 46.1 Å². The van der Waals surface area contributed by atoms with E-state index in [0.717, 1.165) is 12.8 Å². The molecule has 3 N–H and O–H groups in total. The zero-order valence-corrected chi connectivity index (χ0v) is 8.13. The summed E-state index contributed by atoms with van der Waals surface area (Å²) in [6.45, 7) is 5.86. The first kappa shape index (κ1) is 11.4. The van der Waals surface area contributed by atoms with Crippen molar-refractivity contribution in [3.8, 4) is 0 Å². The lowest BCUT2D eigenvalue weighted by Crippen LogP contribution is -2.38. The SMILES string of the molecule is CCCC(N)C(C)(C)CC(=O)O. The first-order valence-electron chi connectivity index (χ1n) is 4.37. The lowest BCUT2D eigenvalue weighted by atomic mass is 9.80. The van der Waals surface area contributed by atoms with Gasteiger partial charge in [0.2, 0.25) is 0 Å². The highest BCUT2D eigenvalue weighted by atomic mass is 16.4. The minimum Gasteiger partial charge on any atom is -0.481 e. The van der Waals surface area contributed by atoms with Crippen molar-refractivity contribution in [2.75, 3.05) is 0 Å². The average molecular weight is 173 g/mol. The Hall–Kier alpha value is -0.570. The van der Waals surface area contributed by atoms with Crippen molar-refractivity contribution >= 4 is 5.97 Å². The molecule has 1 atom stereocenters. The third-order valence-electron chi connectivity index (χ3n) is 2.21. The van der Waals surface area contributed by atoms with E-state index in [1.807, 2.05) is 13.8 Å². The van der Waals surface area contributed by atoms with Gasteiger partial charge in [-0.2, -0.15) is 0 Å². The lowest BCUT2D eigenvalue weighted by molar-refractivity contribution is -0.139. The summed E-state index contributed by atoms with van der Waals surface area (Å²) in [5, 5.41) is 8.61. The van der Waals surface area contributed by atoms with Gasteiger partial charge in [0.05, 0.1) is 6.42 Å². The second-order valence-corrected chi connectivity index (χ2v) is 3.95. The third kappa shape index (κ3) is 3.72. The van der Waals surface area contributed by atoms with E-state index in [1.165, 1.54) is 0 Å². The minimum atomic E-state index is -0.772. The smallest absolute Gasteiger partial charge is 0.303 e. The van der Waals surface area contributed by atoms with Crippen LogP contribution in [-0.4, -0.2) is 17.1 Å². The maximum Gasteiger partial charge on any atom is 0.303 e. The Balaban J connectivity index is 4.07. The molecule has 72 valence electrons. The fourth-order valence-electron chi connectivity index (χ4n) is 1.22. The Kier molecular flexibility index (Phi) is 4.24. The predicted molar refractivity (Wildman–Crippen MR) is 48.9 cm³/mol. The number of aliphatic carboxylic acids is 1. The Labute approximate surface area is 74.0 Å². The van der Waals surface area contributed by atoms with Crippen LogP contribution in [0.2, 0.25) is 0 Å². The van der Waals surface area contributed by atoms with Gasteiger partial charge < -0.3 is 10.8 Å². The van der Waals surface area contributed by atoms with Gasteiger partial charge >= 0.3 is 5.97 Å². The van der Waals surface area contributed by atoms with Gasteiger partial charge in [-0.05, 0) is 11.8 Å². The molecule has 0 fully saturated rings. The molecule has 0 saturated carbocycles. The van der Waals surface area contributed by atoms with Gasteiger partial charge in [-0.25, -0.2) is 0 Å². The summed E-state index contributed by atoms with van der Waals surface area (Å²) < 4.78 is 0. The molecule has 0 aliphatic carbocycles. The number of nitrogens with two attached hydrogens (primary N) is 1. The molecule has 0 aliphatic rings. The molecule has 3 nitrogen and oxygen atoms in total. The van der Waals surface area contributed by atoms with Gasteiger partial charge in [0.15, 0.2) is 0 Å². The molecule has 0 amide bonds. The van der Waals surface area contributed by atoms with E-state index in [1.54, 1.807) is 0 Å². The molecule has 1 unspecified atom stereocenters. The van der Waals surface area contributed by atoms with Crippen LogP contribution in [0.15, 0.2) is 0 Å². The number of carbonyl (C=O) groups is 1. The highest BCUT2D eigenvalue weighted by Gasteiger charge is 2.28. The lowest BCUT2D eigenvalue weighted by Gasteiger charge is -2.29. The summed E-state index contributed by atoms with van der Waals surface area (Å²) in [7, 11) is 0. The van der Waals surface area contributed by atoms with E-state index >= 15 is 0 Å². The molecule has 0 aromatic heterocycles. The van der Waals surface area contributed by atoms with Gasteiger partial charge in [0.1, 0.15) is 0 Å². The van der Waals surface area contributed by atoms with Gasteiger partial charge in [-0.1, -0.05) is 27.2 Å². The van der Waals surface area contributed by atoms with Crippen LogP contribution in [0.3, 0.4) is 0 Å². The van der Waals surface area contributed by atoms with Gasteiger partial charge in [0, 0.05) is 6.04 Å².